The molecular formula is C15H25N3O4S. The van der Waals surface area contributed by atoms with Crippen LogP contribution in [-0.4, -0.2) is 54.7 Å². The number of carbonyl (C=O) groups excluding carboxylic acids is 1. The van der Waals surface area contributed by atoms with Gasteiger partial charge in [-0.1, -0.05) is 0 Å². The molecule has 0 aromatic carbocycles. The van der Waals surface area contributed by atoms with Gasteiger partial charge in [-0.05, 0) is 13.8 Å². The topological polar surface area (TPSA) is 92.7 Å². The summed E-state index contributed by atoms with van der Waals surface area (Å²) >= 11 is 1.59. The first-order valence-corrected chi connectivity index (χ1v) is 8.63. The molecule has 3 N–H and O–H groups in total. The average molecular weight is 343 g/mol. The number of carbonyl (C=O) groups is 1. The van der Waals surface area contributed by atoms with Gasteiger partial charge < -0.3 is 25.2 Å². The first-order chi connectivity index (χ1) is 11.0. The lowest BCUT2D eigenvalue weighted by Crippen LogP contribution is -2.51. The van der Waals surface area contributed by atoms with E-state index in [2.05, 4.69) is 15.6 Å². The monoisotopic (exact) mass is 343 g/mol. The van der Waals surface area contributed by atoms with E-state index in [1.807, 2.05) is 13.8 Å². The smallest absolute Gasteiger partial charge is 0.315 e. The molecule has 7 nitrogen and oxygen atoms in total. The van der Waals surface area contributed by atoms with Crippen LogP contribution in [0.2, 0.25) is 0 Å². The third-order valence-corrected chi connectivity index (χ3v) is 5.02. The van der Waals surface area contributed by atoms with Crippen LogP contribution >= 0.6 is 11.3 Å². The molecule has 1 fully saturated rings. The van der Waals surface area contributed by atoms with Crippen molar-refractivity contribution >= 4 is 17.4 Å². The minimum Gasteiger partial charge on any atom is -0.394 e. The van der Waals surface area contributed by atoms with Gasteiger partial charge in [-0.25, -0.2) is 9.78 Å². The van der Waals surface area contributed by atoms with Crippen LogP contribution in [0.15, 0.2) is 0 Å². The van der Waals surface area contributed by atoms with Crippen LogP contribution in [0.5, 0.6) is 0 Å². The van der Waals surface area contributed by atoms with Gasteiger partial charge in [0.15, 0.2) is 0 Å². The molecule has 1 saturated heterocycles. The van der Waals surface area contributed by atoms with Crippen LogP contribution in [0.3, 0.4) is 0 Å². The Balaban J connectivity index is 1.78. The number of rotatable bonds is 7. The van der Waals surface area contributed by atoms with E-state index in [-0.39, 0.29) is 19.2 Å². The number of aliphatic hydroxyl groups is 1. The second-order valence-corrected chi connectivity index (χ2v) is 6.94. The van der Waals surface area contributed by atoms with Gasteiger partial charge in [0.1, 0.15) is 5.01 Å². The summed E-state index contributed by atoms with van der Waals surface area (Å²) < 4.78 is 11.1. The fourth-order valence-electron chi connectivity index (χ4n) is 2.45. The van der Waals surface area contributed by atoms with Crippen LogP contribution in [0.25, 0.3) is 0 Å². The van der Waals surface area contributed by atoms with Crippen molar-refractivity contribution in [1.82, 2.24) is 15.6 Å². The molecular weight excluding hydrogens is 318 g/mol. The SMILES string of the molecule is Cc1nc(CNC(=O)NCC2(OCCO)CCOCC2)sc1C. The minimum atomic E-state index is -0.452. The number of ether oxygens (including phenoxy) is 2. The minimum absolute atomic E-state index is 0.0302. The van der Waals surface area contributed by atoms with Crippen LogP contribution < -0.4 is 10.6 Å². The summed E-state index contributed by atoms with van der Waals surface area (Å²) in [7, 11) is 0. The predicted molar refractivity (Wildman–Crippen MR) is 87.6 cm³/mol. The molecule has 130 valence electrons. The maximum absolute atomic E-state index is 12.0. The van der Waals surface area contributed by atoms with Gasteiger partial charge in [-0.15, -0.1) is 11.3 Å². The molecule has 0 spiro atoms. The Hall–Kier alpha value is -1.22. The number of hydrogen-bond donors (Lipinski definition) is 3. The predicted octanol–water partition coefficient (Wildman–Crippen LogP) is 1.12. The van der Waals surface area contributed by atoms with Gasteiger partial charge in [-0.3, -0.25) is 0 Å². The molecule has 0 radical (unpaired) electrons. The number of aryl methyl sites for hydroxylation is 2. The Kier molecular flexibility index (Phi) is 6.76. The number of urea groups is 1. The highest BCUT2D eigenvalue weighted by molar-refractivity contribution is 7.11. The molecule has 0 bridgehead atoms. The van der Waals surface area contributed by atoms with E-state index in [0.717, 1.165) is 10.7 Å². The van der Waals surface area contributed by atoms with Crippen molar-refractivity contribution in [3.05, 3.63) is 15.6 Å². The fraction of sp³-hybridized carbons (Fsp3) is 0.733. The second-order valence-electron chi connectivity index (χ2n) is 5.65. The number of thiazole rings is 1. The highest BCUT2D eigenvalue weighted by Crippen LogP contribution is 2.24. The van der Waals surface area contributed by atoms with E-state index in [9.17, 15) is 4.79 Å². The average Bonchev–Trinajstić information content (AvgIpc) is 2.88. The Labute approximate surface area is 140 Å². The number of aliphatic hydroxyl groups excluding tert-OH is 1. The van der Waals surface area contributed by atoms with E-state index in [0.29, 0.717) is 39.1 Å². The van der Waals surface area contributed by atoms with Gasteiger partial charge >= 0.3 is 6.03 Å². The fourth-order valence-corrected chi connectivity index (χ4v) is 3.33. The van der Waals surface area contributed by atoms with Crippen LogP contribution in [-0.2, 0) is 16.0 Å². The summed E-state index contributed by atoms with van der Waals surface area (Å²) in [5.74, 6) is 0. The quantitative estimate of drug-likeness (QED) is 0.690. The van der Waals surface area contributed by atoms with Crippen LogP contribution in [0.1, 0.15) is 28.4 Å². The standard InChI is InChI=1S/C15H25N3O4S/c1-11-12(2)23-13(18-11)9-16-14(20)17-10-15(22-8-5-19)3-6-21-7-4-15/h19H,3-10H2,1-2H3,(H2,16,17,20). The highest BCUT2D eigenvalue weighted by Gasteiger charge is 2.33. The van der Waals surface area contributed by atoms with Crippen LogP contribution in [0.4, 0.5) is 4.79 Å². The molecule has 1 aliphatic rings. The van der Waals surface area contributed by atoms with Gasteiger partial charge in [0.25, 0.3) is 0 Å². The zero-order valence-electron chi connectivity index (χ0n) is 13.7. The third kappa shape index (κ3) is 5.42. The Bertz CT molecular complexity index is 495. The third-order valence-electron chi connectivity index (χ3n) is 3.95. The summed E-state index contributed by atoms with van der Waals surface area (Å²) in [6, 6.07) is -0.242. The zero-order chi connectivity index (χ0) is 16.7. The molecule has 1 aromatic heterocycles. The summed E-state index contributed by atoms with van der Waals surface area (Å²) in [4.78, 5) is 17.5. The van der Waals surface area contributed by atoms with Crippen molar-refractivity contribution in [2.75, 3.05) is 33.0 Å². The van der Waals surface area contributed by atoms with E-state index >= 15 is 0 Å². The molecule has 8 heteroatoms. The van der Waals surface area contributed by atoms with E-state index in [1.165, 1.54) is 4.88 Å². The zero-order valence-corrected chi connectivity index (χ0v) is 14.5. The highest BCUT2D eigenvalue weighted by atomic mass is 32.1. The van der Waals surface area contributed by atoms with Crippen molar-refractivity contribution in [3.63, 3.8) is 0 Å². The number of amides is 2. The summed E-state index contributed by atoms with van der Waals surface area (Å²) in [5, 5.41) is 15.5. The molecule has 0 atom stereocenters. The summed E-state index contributed by atoms with van der Waals surface area (Å²) in [6.07, 6.45) is 1.41. The van der Waals surface area contributed by atoms with Crippen molar-refractivity contribution in [1.29, 1.82) is 0 Å². The molecule has 0 saturated carbocycles. The summed E-state index contributed by atoms with van der Waals surface area (Å²) in [6.45, 7) is 6.24. The maximum atomic E-state index is 12.0. The second kappa shape index (κ2) is 8.58. The largest absolute Gasteiger partial charge is 0.394 e. The molecule has 2 amide bonds. The van der Waals surface area contributed by atoms with E-state index in [4.69, 9.17) is 14.6 Å². The number of aromatic nitrogens is 1. The van der Waals surface area contributed by atoms with E-state index in [1.54, 1.807) is 11.3 Å². The lowest BCUT2D eigenvalue weighted by molar-refractivity contribution is -0.114. The molecule has 2 heterocycles. The normalized spacial score (nSPS) is 17.0. The first-order valence-electron chi connectivity index (χ1n) is 7.82. The molecule has 1 aromatic rings. The van der Waals surface area contributed by atoms with Crippen molar-refractivity contribution in [2.45, 2.75) is 38.8 Å². The maximum Gasteiger partial charge on any atom is 0.315 e. The Morgan fingerprint density at radius 2 is 2.13 bits per heavy atom. The molecule has 2 rings (SSSR count). The Morgan fingerprint density at radius 3 is 2.74 bits per heavy atom. The lowest BCUT2D eigenvalue weighted by Gasteiger charge is -2.37. The summed E-state index contributed by atoms with van der Waals surface area (Å²) in [5.41, 5.74) is 0.554. The van der Waals surface area contributed by atoms with Crippen molar-refractivity contribution in [3.8, 4) is 0 Å². The molecule has 23 heavy (non-hydrogen) atoms. The lowest BCUT2D eigenvalue weighted by atomic mass is 9.94. The van der Waals surface area contributed by atoms with Crippen molar-refractivity contribution in [2.24, 2.45) is 0 Å². The van der Waals surface area contributed by atoms with Gasteiger partial charge in [0, 0.05) is 37.5 Å². The van der Waals surface area contributed by atoms with Gasteiger partial charge in [0.2, 0.25) is 0 Å². The number of hydrogen-bond acceptors (Lipinski definition) is 6. The molecule has 0 unspecified atom stereocenters. The first kappa shape index (κ1) is 18.1. The van der Waals surface area contributed by atoms with Gasteiger partial charge in [-0.2, -0.15) is 0 Å². The van der Waals surface area contributed by atoms with Gasteiger partial charge in [0.05, 0.1) is 31.1 Å². The number of nitrogens with one attached hydrogen (secondary N) is 2. The van der Waals surface area contributed by atoms with Crippen molar-refractivity contribution < 1.29 is 19.4 Å². The van der Waals surface area contributed by atoms with Crippen LogP contribution in [0, 0.1) is 13.8 Å². The van der Waals surface area contributed by atoms with E-state index < -0.39 is 5.60 Å². The Morgan fingerprint density at radius 1 is 1.39 bits per heavy atom. The molecule has 0 aliphatic carbocycles. The molecule has 1 aliphatic heterocycles. The number of nitrogens with zero attached hydrogens (tertiary/aromatic N) is 1.